The average molecular weight is 446 g/mol. The molecular formula is C15H10Cl2IN3O. The van der Waals surface area contributed by atoms with Gasteiger partial charge < -0.3 is 5.32 Å². The van der Waals surface area contributed by atoms with Crippen molar-refractivity contribution in [3.05, 3.63) is 61.5 Å². The number of anilines is 1. The largest absolute Gasteiger partial charge is 0.321 e. The van der Waals surface area contributed by atoms with E-state index in [-0.39, 0.29) is 5.91 Å². The minimum absolute atomic E-state index is 0.260. The fourth-order valence-electron chi connectivity index (χ4n) is 2.18. The van der Waals surface area contributed by atoms with Crippen molar-refractivity contribution in [2.75, 3.05) is 5.32 Å². The molecule has 0 aliphatic rings. The van der Waals surface area contributed by atoms with Gasteiger partial charge in [-0.1, -0.05) is 23.2 Å². The summed E-state index contributed by atoms with van der Waals surface area (Å²) in [5.74, 6) is -0.260. The van der Waals surface area contributed by atoms with Gasteiger partial charge in [0.05, 0.1) is 15.7 Å². The van der Waals surface area contributed by atoms with Crippen molar-refractivity contribution in [3.63, 3.8) is 0 Å². The van der Waals surface area contributed by atoms with Crippen LogP contribution in [0, 0.1) is 10.5 Å². The van der Waals surface area contributed by atoms with Gasteiger partial charge in [-0.3, -0.25) is 9.20 Å². The van der Waals surface area contributed by atoms with Crippen LogP contribution < -0.4 is 5.32 Å². The van der Waals surface area contributed by atoms with E-state index >= 15 is 0 Å². The fraction of sp³-hybridized carbons (Fsp3) is 0.0667. The van der Waals surface area contributed by atoms with E-state index in [2.05, 4.69) is 32.9 Å². The standard InChI is InChI=1S/C15H10Cl2IN3O/c1-8-13(15(22)20-11-4-2-10(18)3-5-11)21-7-9(16)6-12(17)14(21)19-8/h2-7H,1H3,(H,20,22). The second-order valence-electron chi connectivity index (χ2n) is 4.71. The number of amides is 1. The molecule has 0 aliphatic carbocycles. The van der Waals surface area contributed by atoms with Gasteiger partial charge in [-0.25, -0.2) is 4.98 Å². The van der Waals surface area contributed by atoms with E-state index in [1.165, 1.54) is 0 Å². The van der Waals surface area contributed by atoms with E-state index in [1.807, 2.05) is 24.3 Å². The Morgan fingerprint density at radius 1 is 1.27 bits per heavy atom. The number of carbonyl (C=O) groups excluding carboxylic acids is 1. The van der Waals surface area contributed by atoms with Crippen LogP contribution in [0.2, 0.25) is 10.0 Å². The lowest BCUT2D eigenvalue weighted by atomic mass is 10.3. The molecule has 2 heterocycles. The highest BCUT2D eigenvalue weighted by atomic mass is 127. The lowest BCUT2D eigenvalue weighted by Gasteiger charge is -2.07. The lowest BCUT2D eigenvalue weighted by molar-refractivity contribution is 0.102. The molecule has 22 heavy (non-hydrogen) atoms. The van der Waals surface area contributed by atoms with Crippen LogP contribution in [0.1, 0.15) is 16.2 Å². The van der Waals surface area contributed by atoms with Crippen LogP contribution >= 0.6 is 45.8 Å². The second kappa shape index (κ2) is 6.06. The maximum Gasteiger partial charge on any atom is 0.274 e. The highest BCUT2D eigenvalue weighted by Gasteiger charge is 2.18. The number of aromatic nitrogens is 2. The number of aryl methyl sites for hydroxylation is 1. The summed E-state index contributed by atoms with van der Waals surface area (Å²) in [6, 6.07) is 9.14. The molecule has 2 aromatic heterocycles. The van der Waals surface area contributed by atoms with Gasteiger partial charge in [-0.05, 0) is 59.8 Å². The smallest absolute Gasteiger partial charge is 0.274 e. The van der Waals surface area contributed by atoms with Crippen LogP contribution in [0.15, 0.2) is 36.5 Å². The van der Waals surface area contributed by atoms with E-state index in [1.54, 1.807) is 23.6 Å². The number of nitrogens with zero attached hydrogens (tertiary/aromatic N) is 2. The number of nitrogens with one attached hydrogen (secondary N) is 1. The van der Waals surface area contributed by atoms with E-state index in [0.29, 0.717) is 32.8 Å². The summed E-state index contributed by atoms with van der Waals surface area (Å²) >= 11 is 14.4. The average Bonchev–Trinajstić information content (AvgIpc) is 2.78. The summed E-state index contributed by atoms with van der Waals surface area (Å²) in [5, 5.41) is 3.70. The van der Waals surface area contributed by atoms with Crippen molar-refractivity contribution in [1.29, 1.82) is 0 Å². The first-order chi connectivity index (χ1) is 10.5. The summed E-state index contributed by atoms with van der Waals surface area (Å²) in [4.78, 5) is 16.9. The number of rotatable bonds is 2. The van der Waals surface area contributed by atoms with Gasteiger partial charge in [0.25, 0.3) is 5.91 Å². The second-order valence-corrected chi connectivity index (χ2v) is 6.80. The number of fused-ring (bicyclic) bond motifs is 1. The highest BCUT2D eigenvalue weighted by Crippen LogP contribution is 2.25. The third-order valence-electron chi connectivity index (χ3n) is 3.13. The molecule has 3 aromatic rings. The Morgan fingerprint density at radius 3 is 2.64 bits per heavy atom. The van der Waals surface area contributed by atoms with Gasteiger partial charge in [-0.15, -0.1) is 0 Å². The molecule has 112 valence electrons. The first-order valence-corrected chi connectivity index (χ1v) is 8.20. The summed E-state index contributed by atoms with van der Waals surface area (Å²) in [6.45, 7) is 1.76. The number of imidazole rings is 1. The third-order valence-corrected chi connectivity index (χ3v) is 4.34. The number of halogens is 3. The molecule has 1 amide bonds. The molecule has 1 aromatic carbocycles. The molecule has 0 saturated heterocycles. The molecule has 0 unspecified atom stereocenters. The van der Waals surface area contributed by atoms with Gasteiger partial charge >= 0.3 is 0 Å². The van der Waals surface area contributed by atoms with Gasteiger partial charge in [-0.2, -0.15) is 0 Å². The molecular weight excluding hydrogens is 436 g/mol. The van der Waals surface area contributed by atoms with Crippen LogP contribution in [-0.4, -0.2) is 15.3 Å². The zero-order valence-electron chi connectivity index (χ0n) is 11.4. The molecule has 3 rings (SSSR count). The number of benzene rings is 1. The Labute approximate surface area is 150 Å². The summed E-state index contributed by atoms with van der Waals surface area (Å²) < 4.78 is 2.71. The number of pyridine rings is 1. The lowest BCUT2D eigenvalue weighted by Crippen LogP contribution is -2.15. The first kappa shape index (κ1) is 15.6. The topological polar surface area (TPSA) is 46.4 Å². The third kappa shape index (κ3) is 2.93. The Hall–Kier alpha value is -1.31. The molecule has 7 heteroatoms. The van der Waals surface area contributed by atoms with Crippen molar-refractivity contribution in [1.82, 2.24) is 9.38 Å². The maximum absolute atomic E-state index is 12.6. The number of carbonyl (C=O) groups is 1. The minimum atomic E-state index is -0.260. The summed E-state index contributed by atoms with van der Waals surface area (Å²) in [6.07, 6.45) is 1.63. The SMILES string of the molecule is Cc1nc2c(Cl)cc(Cl)cn2c1C(=O)Nc1ccc(I)cc1. The molecule has 0 radical (unpaired) electrons. The Balaban J connectivity index is 2.03. The maximum atomic E-state index is 12.6. The number of hydrogen-bond acceptors (Lipinski definition) is 2. The van der Waals surface area contributed by atoms with E-state index in [0.717, 1.165) is 3.57 Å². The fourth-order valence-corrected chi connectivity index (χ4v) is 3.06. The zero-order chi connectivity index (χ0) is 15.9. The molecule has 0 bridgehead atoms. The van der Waals surface area contributed by atoms with Gasteiger partial charge in [0, 0.05) is 15.5 Å². The minimum Gasteiger partial charge on any atom is -0.321 e. The van der Waals surface area contributed by atoms with Crippen molar-refractivity contribution < 1.29 is 4.79 Å². The van der Waals surface area contributed by atoms with Gasteiger partial charge in [0.2, 0.25) is 0 Å². The Kier molecular flexibility index (Phi) is 4.29. The van der Waals surface area contributed by atoms with E-state index < -0.39 is 0 Å². The molecule has 0 atom stereocenters. The molecule has 4 nitrogen and oxygen atoms in total. The summed E-state index contributed by atoms with van der Waals surface area (Å²) in [5.41, 5.74) is 2.23. The van der Waals surface area contributed by atoms with Crippen molar-refractivity contribution in [2.45, 2.75) is 6.92 Å². The van der Waals surface area contributed by atoms with Gasteiger partial charge in [0.15, 0.2) is 5.65 Å². The predicted molar refractivity (Wildman–Crippen MR) is 97.1 cm³/mol. The molecule has 1 N–H and O–H groups in total. The first-order valence-electron chi connectivity index (χ1n) is 6.36. The van der Waals surface area contributed by atoms with Crippen LogP contribution in [0.4, 0.5) is 5.69 Å². The highest BCUT2D eigenvalue weighted by molar-refractivity contribution is 14.1. The Bertz CT molecular complexity index is 875. The van der Waals surface area contributed by atoms with Crippen molar-refractivity contribution in [3.8, 4) is 0 Å². The summed E-state index contributed by atoms with van der Waals surface area (Å²) in [7, 11) is 0. The van der Waals surface area contributed by atoms with Crippen LogP contribution in [0.25, 0.3) is 5.65 Å². The van der Waals surface area contributed by atoms with Crippen LogP contribution in [0.5, 0.6) is 0 Å². The van der Waals surface area contributed by atoms with Crippen molar-refractivity contribution in [2.24, 2.45) is 0 Å². The van der Waals surface area contributed by atoms with E-state index in [4.69, 9.17) is 23.2 Å². The van der Waals surface area contributed by atoms with Gasteiger partial charge in [0.1, 0.15) is 5.69 Å². The normalized spacial score (nSPS) is 10.9. The molecule has 0 aliphatic heterocycles. The predicted octanol–water partition coefficient (Wildman–Crippen LogP) is 4.81. The zero-order valence-corrected chi connectivity index (χ0v) is 15.1. The molecule has 0 fully saturated rings. The molecule has 0 saturated carbocycles. The number of hydrogen-bond donors (Lipinski definition) is 1. The quantitative estimate of drug-likeness (QED) is 0.575. The molecule has 0 spiro atoms. The van der Waals surface area contributed by atoms with Crippen LogP contribution in [-0.2, 0) is 0 Å². The van der Waals surface area contributed by atoms with Crippen LogP contribution in [0.3, 0.4) is 0 Å². The Morgan fingerprint density at radius 2 is 1.95 bits per heavy atom. The van der Waals surface area contributed by atoms with E-state index in [9.17, 15) is 4.79 Å². The monoisotopic (exact) mass is 445 g/mol. The van der Waals surface area contributed by atoms with Crippen molar-refractivity contribution >= 4 is 63.0 Å².